The number of anilines is 1. The summed E-state index contributed by atoms with van der Waals surface area (Å²) in [6.45, 7) is 0. The van der Waals surface area contributed by atoms with Gasteiger partial charge in [-0.3, -0.25) is 0 Å². The van der Waals surface area contributed by atoms with Crippen LogP contribution in [0.25, 0.3) is 0 Å². The summed E-state index contributed by atoms with van der Waals surface area (Å²) in [5.41, 5.74) is 4.41. The Morgan fingerprint density at radius 2 is 2.00 bits per heavy atom. The van der Waals surface area contributed by atoms with E-state index in [9.17, 15) is 13.2 Å². The molecule has 18 heavy (non-hydrogen) atoms. The summed E-state index contributed by atoms with van der Waals surface area (Å²) in [5, 5.41) is 2.54. The van der Waals surface area contributed by atoms with E-state index in [0.717, 1.165) is 0 Å². The summed E-state index contributed by atoms with van der Waals surface area (Å²) < 4.78 is 39.3. The number of hydrogen-bond acceptors (Lipinski definition) is 2. The summed E-state index contributed by atoms with van der Waals surface area (Å²) in [6, 6.07) is 4.84. The number of nitrogens with one attached hydrogen (secondary N) is 1. The molecule has 7 heteroatoms. The molecule has 0 atom stereocenters. The van der Waals surface area contributed by atoms with Gasteiger partial charge in [0.05, 0.1) is 0 Å². The van der Waals surface area contributed by atoms with Crippen molar-refractivity contribution in [3.8, 4) is 0 Å². The van der Waals surface area contributed by atoms with E-state index in [1.807, 2.05) is 0 Å². The highest BCUT2D eigenvalue weighted by Gasteiger charge is 2.63. The molecule has 3 N–H and O–H groups in total. The fourth-order valence-corrected chi connectivity index (χ4v) is 2.24. The summed E-state index contributed by atoms with van der Waals surface area (Å²) in [7, 11) is 0. The maximum atomic E-state index is 12.9. The molecular weight excluding hydrogens is 329 g/mol. The molecule has 1 aromatic carbocycles. The van der Waals surface area contributed by atoms with E-state index in [-0.39, 0.29) is 17.8 Å². The van der Waals surface area contributed by atoms with Crippen LogP contribution in [0.15, 0.2) is 22.7 Å². The topological polar surface area (TPSA) is 38.0 Å². The smallest absolute Gasteiger partial charge is 0.389 e. The van der Waals surface area contributed by atoms with Gasteiger partial charge in [0.25, 0.3) is 0 Å². The predicted octanol–water partition coefficient (Wildman–Crippen LogP) is 3.59. The zero-order valence-electron chi connectivity index (χ0n) is 9.14. The highest BCUT2D eigenvalue weighted by molar-refractivity contribution is 9.10. The molecular formula is C11H10BrF3N2S. The normalized spacial score (nSPS) is 17.3. The number of thiocarbonyl (C=S) groups is 1. The van der Waals surface area contributed by atoms with Crippen molar-refractivity contribution >= 4 is 38.8 Å². The number of rotatable bonds is 3. The van der Waals surface area contributed by atoms with Crippen molar-refractivity contribution in [2.24, 2.45) is 5.73 Å². The Bertz CT molecular complexity index is 498. The fourth-order valence-electron chi connectivity index (χ4n) is 1.70. The van der Waals surface area contributed by atoms with Crippen molar-refractivity contribution in [1.82, 2.24) is 0 Å². The quantitative estimate of drug-likeness (QED) is 0.827. The van der Waals surface area contributed by atoms with Gasteiger partial charge in [0.15, 0.2) is 0 Å². The standard InChI is InChI=1S/C11H10BrF3N2S/c12-6-1-2-7(9(16)18)8(5-6)17-10(3-4-10)11(13,14)15/h1-2,5,17H,3-4H2,(H2,16,18). The molecule has 2 nitrogen and oxygen atoms in total. The molecule has 0 aliphatic heterocycles. The molecule has 0 spiro atoms. The Labute approximate surface area is 116 Å². The maximum absolute atomic E-state index is 12.9. The van der Waals surface area contributed by atoms with Gasteiger partial charge in [0, 0.05) is 15.7 Å². The molecule has 0 saturated heterocycles. The van der Waals surface area contributed by atoms with Crippen molar-refractivity contribution in [2.45, 2.75) is 24.6 Å². The first-order valence-electron chi connectivity index (χ1n) is 5.19. The van der Waals surface area contributed by atoms with Gasteiger partial charge >= 0.3 is 6.18 Å². The van der Waals surface area contributed by atoms with Crippen molar-refractivity contribution < 1.29 is 13.2 Å². The number of halogens is 4. The third-order valence-corrected chi connectivity index (χ3v) is 3.63. The molecule has 0 amide bonds. The van der Waals surface area contributed by atoms with Crippen molar-refractivity contribution in [3.05, 3.63) is 28.2 Å². The van der Waals surface area contributed by atoms with Gasteiger partial charge in [0.1, 0.15) is 10.5 Å². The lowest BCUT2D eigenvalue weighted by Gasteiger charge is -2.23. The Morgan fingerprint density at radius 1 is 1.39 bits per heavy atom. The van der Waals surface area contributed by atoms with Crippen LogP contribution in [0.4, 0.5) is 18.9 Å². The highest BCUT2D eigenvalue weighted by atomic mass is 79.9. The average molecular weight is 339 g/mol. The first kappa shape index (κ1) is 13.6. The number of alkyl halides is 3. The van der Waals surface area contributed by atoms with E-state index in [1.54, 1.807) is 18.2 Å². The average Bonchev–Trinajstić information content (AvgIpc) is 2.97. The third kappa shape index (κ3) is 2.47. The van der Waals surface area contributed by atoms with Crippen LogP contribution in [0.1, 0.15) is 18.4 Å². The molecule has 1 aliphatic rings. The molecule has 1 aliphatic carbocycles. The minimum absolute atomic E-state index is 0.0692. The van der Waals surface area contributed by atoms with Gasteiger partial charge in [-0.05, 0) is 31.0 Å². The molecule has 0 radical (unpaired) electrons. The van der Waals surface area contributed by atoms with Gasteiger partial charge in [-0.15, -0.1) is 0 Å². The Hall–Kier alpha value is -0.820. The van der Waals surface area contributed by atoms with E-state index in [2.05, 4.69) is 21.2 Å². The van der Waals surface area contributed by atoms with Gasteiger partial charge in [-0.1, -0.05) is 28.1 Å². The Balaban J connectivity index is 2.35. The Morgan fingerprint density at radius 3 is 2.44 bits per heavy atom. The highest BCUT2D eigenvalue weighted by Crippen LogP contribution is 2.51. The fraction of sp³-hybridized carbons (Fsp3) is 0.364. The van der Waals surface area contributed by atoms with Crippen LogP contribution < -0.4 is 11.1 Å². The second kappa shape index (κ2) is 4.38. The number of benzene rings is 1. The summed E-state index contributed by atoms with van der Waals surface area (Å²) in [6.07, 6.45) is -4.14. The van der Waals surface area contributed by atoms with E-state index in [0.29, 0.717) is 15.7 Å². The van der Waals surface area contributed by atoms with Crippen molar-refractivity contribution in [3.63, 3.8) is 0 Å². The summed E-state index contributed by atoms with van der Waals surface area (Å²) in [5.74, 6) is 0. The molecule has 1 fully saturated rings. The minimum Gasteiger partial charge on any atom is -0.389 e. The molecule has 98 valence electrons. The molecule has 1 saturated carbocycles. The third-order valence-electron chi connectivity index (χ3n) is 2.91. The maximum Gasteiger partial charge on any atom is 0.411 e. The monoisotopic (exact) mass is 338 g/mol. The zero-order valence-corrected chi connectivity index (χ0v) is 11.5. The van der Waals surface area contributed by atoms with Crippen molar-refractivity contribution in [2.75, 3.05) is 5.32 Å². The predicted molar refractivity (Wildman–Crippen MR) is 71.7 cm³/mol. The van der Waals surface area contributed by atoms with Gasteiger partial charge in [-0.2, -0.15) is 13.2 Å². The van der Waals surface area contributed by atoms with E-state index >= 15 is 0 Å². The Kier molecular flexibility index (Phi) is 3.31. The van der Waals surface area contributed by atoms with E-state index in [1.165, 1.54) is 0 Å². The van der Waals surface area contributed by atoms with Crippen LogP contribution in [0.3, 0.4) is 0 Å². The lowest BCUT2D eigenvalue weighted by atomic mass is 10.1. The molecule has 0 aromatic heterocycles. The van der Waals surface area contributed by atoms with E-state index in [4.69, 9.17) is 18.0 Å². The minimum atomic E-state index is -4.27. The van der Waals surface area contributed by atoms with Crippen LogP contribution in [-0.4, -0.2) is 16.7 Å². The van der Waals surface area contributed by atoms with Crippen LogP contribution >= 0.6 is 28.1 Å². The number of hydrogen-bond donors (Lipinski definition) is 2. The van der Waals surface area contributed by atoms with Gasteiger partial charge in [-0.25, -0.2) is 0 Å². The molecule has 0 bridgehead atoms. The second-order valence-corrected chi connectivity index (χ2v) is 5.61. The SMILES string of the molecule is NC(=S)c1ccc(Br)cc1NC1(C(F)(F)F)CC1. The molecule has 1 aromatic rings. The lowest BCUT2D eigenvalue weighted by molar-refractivity contribution is -0.151. The zero-order chi connectivity index (χ0) is 13.6. The van der Waals surface area contributed by atoms with Gasteiger partial charge in [0.2, 0.25) is 0 Å². The van der Waals surface area contributed by atoms with Gasteiger partial charge < -0.3 is 11.1 Å². The number of nitrogens with two attached hydrogens (primary N) is 1. The summed E-state index contributed by atoms with van der Waals surface area (Å²) in [4.78, 5) is 0.0722. The second-order valence-electron chi connectivity index (χ2n) is 4.26. The van der Waals surface area contributed by atoms with Crippen molar-refractivity contribution in [1.29, 1.82) is 0 Å². The first-order valence-corrected chi connectivity index (χ1v) is 6.40. The van der Waals surface area contributed by atoms with Crippen LogP contribution in [-0.2, 0) is 0 Å². The van der Waals surface area contributed by atoms with Crippen LogP contribution in [0, 0.1) is 0 Å². The lowest BCUT2D eigenvalue weighted by Crippen LogP contribution is -2.39. The largest absolute Gasteiger partial charge is 0.411 e. The molecule has 2 rings (SSSR count). The van der Waals surface area contributed by atoms with E-state index < -0.39 is 11.7 Å². The van der Waals surface area contributed by atoms with Crippen LogP contribution in [0.2, 0.25) is 0 Å². The first-order chi connectivity index (χ1) is 8.25. The molecule has 0 heterocycles. The summed E-state index contributed by atoms with van der Waals surface area (Å²) >= 11 is 8.06. The molecule has 0 unspecified atom stereocenters. The van der Waals surface area contributed by atoms with Crippen LogP contribution in [0.5, 0.6) is 0 Å².